The molecule has 1 heterocycles. The maximum absolute atomic E-state index is 11.6. The number of nitriles is 1. The van der Waals surface area contributed by atoms with Gasteiger partial charge in [-0.2, -0.15) is 5.26 Å². The van der Waals surface area contributed by atoms with Gasteiger partial charge in [0.1, 0.15) is 6.42 Å². The second kappa shape index (κ2) is 6.14. The van der Waals surface area contributed by atoms with Crippen LogP contribution in [0.25, 0.3) is 0 Å². The highest BCUT2D eigenvalue weighted by Gasteiger charge is 2.21. The van der Waals surface area contributed by atoms with Crippen LogP contribution in [0.5, 0.6) is 0 Å². The summed E-state index contributed by atoms with van der Waals surface area (Å²) in [5.41, 5.74) is 1.00. The highest BCUT2D eigenvalue weighted by molar-refractivity contribution is 6.42. The Balaban J connectivity index is 1.98. The smallest absolute Gasteiger partial charge is 0.236 e. The molecule has 1 aliphatic rings. The van der Waals surface area contributed by atoms with E-state index in [2.05, 4.69) is 4.90 Å². The molecule has 0 aromatic heterocycles. The Hall–Kier alpha value is -1.44. The van der Waals surface area contributed by atoms with E-state index in [0.717, 1.165) is 18.8 Å². The summed E-state index contributed by atoms with van der Waals surface area (Å²) in [6, 6.07) is 7.40. The van der Waals surface area contributed by atoms with E-state index in [1.165, 1.54) is 0 Å². The number of amides is 1. The molecule has 0 aliphatic carbocycles. The molecule has 0 bridgehead atoms. The van der Waals surface area contributed by atoms with Gasteiger partial charge in [-0.05, 0) is 18.2 Å². The average Bonchev–Trinajstić information content (AvgIpc) is 2.42. The Labute approximate surface area is 122 Å². The quantitative estimate of drug-likeness (QED) is 0.843. The molecular formula is C13H13Cl2N3O. The van der Waals surface area contributed by atoms with Gasteiger partial charge in [0.2, 0.25) is 5.91 Å². The fourth-order valence-corrected chi connectivity index (χ4v) is 2.37. The van der Waals surface area contributed by atoms with E-state index in [4.69, 9.17) is 28.5 Å². The normalized spacial score (nSPS) is 15.2. The number of carbonyl (C=O) groups excluding carboxylic acids is 1. The second-order valence-corrected chi connectivity index (χ2v) is 5.12. The average molecular weight is 298 g/mol. The summed E-state index contributed by atoms with van der Waals surface area (Å²) in [5, 5.41) is 9.58. The summed E-state index contributed by atoms with van der Waals surface area (Å²) >= 11 is 11.9. The first-order valence-corrected chi connectivity index (χ1v) is 6.72. The van der Waals surface area contributed by atoms with Crippen molar-refractivity contribution >= 4 is 34.8 Å². The second-order valence-electron chi connectivity index (χ2n) is 4.30. The number of halogens is 2. The van der Waals surface area contributed by atoms with Gasteiger partial charge in [0.05, 0.1) is 16.1 Å². The lowest BCUT2D eigenvalue weighted by atomic mass is 10.2. The summed E-state index contributed by atoms with van der Waals surface area (Å²) in [5.74, 6) is -0.101. The Morgan fingerprint density at radius 3 is 2.47 bits per heavy atom. The van der Waals surface area contributed by atoms with Gasteiger partial charge in [-0.25, -0.2) is 0 Å². The number of piperazine rings is 1. The Bertz CT molecular complexity index is 519. The highest BCUT2D eigenvalue weighted by atomic mass is 35.5. The van der Waals surface area contributed by atoms with Gasteiger partial charge < -0.3 is 9.80 Å². The monoisotopic (exact) mass is 297 g/mol. The SMILES string of the molecule is N#CCC(=O)N1CCN(c2ccc(Cl)c(Cl)c2)CC1. The molecule has 0 unspecified atom stereocenters. The third-order valence-electron chi connectivity index (χ3n) is 3.13. The highest BCUT2D eigenvalue weighted by Crippen LogP contribution is 2.27. The number of anilines is 1. The van der Waals surface area contributed by atoms with Crippen molar-refractivity contribution in [3.63, 3.8) is 0 Å². The van der Waals surface area contributed by atoms with Crippen LogP contribution >= 0.6 is 23.2 Å². The van der Waals surface area contributed by atoms with E-state index < -0.39 is 0 Å². The standard InChI is InChI=1S/C13H13Cl2N3O/c14-11-2-1-10(9-12(11)15)17-5-7-18(8-6-17)13(19)3-4-16/h1-2,9H,3,5-8H2. The molecule has 0 atom stereocenters. The first-order chi connectivity index (χ1) is 9.11. The molecule has 6 heteroatoms. The lowest BCUT2D eigenvalue weighted by Gasteiger charge is -2.36. The predicted molar refractivity (Wildman–Crippen MR) is 75.5 cm³/mol. The number of hydrogen-bond donors (Lipinski definition) is 0. The van der Waals surface area contributed by atoms with Gasteiger partial charge in [0, 0.05) is 31.9 Å². The summed E-state index contributed by atoms with van der Waals surface area (Å²) < 4.78 is 0. The molecule has 0 radical (unpaired) electrons. The number of carbonyl (C=O) groups is 1. The van der Waals surface area contributed by atoms with E-state index in [1.54, 1.807) is 11.0 Å². The van der Waals surface area contributed by atoms with Crippen LogP contribution in [0.15, 0.2) is 18.2 Å². The Morgan fingerprint density at radius 1 is 1.21 bits per heavy atom. The molecule has 1 aliphatic heterocycles. The number of nitrogens with zero attached hydrogens (tertiary/aromatic N) is 3. The predicted octanol–water partition coefficient (Wildman–Crippen LogP) is 2.56. The van der Waals surface area contributed by atoms with Crippen LogP contribution in [0, 0.1) is 11.3 Å². The summed E-state index contributed by atoms with van der Waals surface area (Å²) in [4.78, 5) is 15.5. The number of benzene rings is 1. The molecule has 0 spiro atoms. The first-order valence-electron chi connectivity index (χ1n) is 5.96. The van der Waals surface area contributed by atoms with Crippen LogP contribution in [0.2, 0.25) is 10.0 Å². The molecule has 1 aromatic carbocycles. The maximum Gasteiger partial charge on any atom is 0.236 e. The minimum atomic E-state index is -0.101. The van der Waals surface area contributed by atoms with Gasteiger partial charge in [0.25, 0.3) is 0 Å². The van der Waals surface area contributed by atoms with Crippen molar-refractivity contribution in [3.8, 4) is 6.07 Å². The van der Waals surface area contributed by atoms with Crippen molar-refractivity contribution < 1.29 is 4.79 Å². The van der Waals surface area contributed by atoms with E-state index in [9.17, 15) is 4.79 Å². The van der Waals surface area contributed by atoms with Crippen LogP contribution in [0.1, 0.15) is 6.42 Å². The summed E-state index contributed by atoms with van der Waals surface area (Å²) in [7, 11) is 0. The van der Waals surface area contributed by atoms with Crippen LogP contribution in [-0.4, -0.2) is 37.0 Å². The zero-order valence-electron chi connectivity index (χ0n) is 10.3. The zero-order valence-corrected chi connectivity index (χ0v) is 11.8. The van der Waals surface area contributed by atoms with Crippen molar-refractivity contribution in [2.45, 2.75) is 6.42 Å². The van der Waals surface area contributed by atoms with Gasteiger partial charge in [-0.3, -0.25) is 4.79 Å². The van der Waals surface area contributed by atoms with Gasteiger partial charge >= 0.3 is 0 Å². The van der Waals surface area contributed by atoms with Crippen molar-refractivity contribution in [1.29, 1.82) is 5.26 Å². The van der Waals surface area contributed by atoms with Gasteiger partial charge in [-0.15, -0.1) is 0 Å². The maximum atomic E-state index is 11.6. The Kier molecular flexibility index (Phi) is 4.52. The minimum Gasteiger partial charge on any atom is -0.368 e. The molecule has 0 saturated carbocycles. The third-order valence-corrected chi connectivity index (χ3v) is 3.87. The number of hydrogen-bond acceptors (Lipinski definition) is 3. The van der Waals surface area contributed by atoms with Crippen LogP contribution in [0.3, 0.4) is 0 Å². The molecule has 1 aromatic rings. The topological polar surface area (TPSA) is 47.3 Å². The van der Waals surface area contributed by atoms with Crippen molar-refractivity contribution in [3.05, 3.63) is 28.2 Å². The zero-order chi connectivity index (χ0) is 13.8. The molecule has 19 heavy (non-hydrogen) atoms. The van der Waals surface area contributed by atoms with E-state index in [-0.39, 0.29) is 12.3 Å². The van der Waals surface area contributed by atoms with Crippen molar-refractivity contribution in [2.75, 3.05) is 31.1 Å². The third kappa shape index (κ3) is 3.31. The van der Waals surface area contributed by atoms with E-state index in [1.807, 2.05) is 18.2 Å². The number of rotatable bonds is 2. The lowest BCUT2D eigenvalue weighted by Crippen LogP contribution is -2.48. The molecule has 1 amide bonds. The minimum absolute atomic E-state index is 0.0488. The van der Waals surface area contributed by atoms with Gasteiger partial charge in [0.15, 0.2) is 0 Å². The molecular weight excluding hydrogens is 285 g/mol. The summed E-state index contributed by atoms with van der Waals surface area (Å²) in [6.45, 7) is 2.71. The Morgan fingerprint density at radius 2 is 1.89 bits per heavy atom. The largest absolute Gasteiger partial charge is 0.368 e. The van der Waals surface area contributed by atoms with E-state index >= 15 is 0 Å². The van der Waals surface area contributed by atoms with Crippen molar-refractivity contribution in [2.24, 2.45) is 0 Å². The van der Waals surface area contributed by atoms with E-state index in [0.29, 0.717) is 23.1 Å². The molecule has 4 nitrogen and oxygen atoms in total. The fraction of sp³-hybridized carbons (Fsp3) is 0.385. The molecule has 0 N–H and O–H groups in total. The molecule has 2 rings (SSSR count). The first kappa shape index (κ1) is 14.0. The summed E-state index contributed by atoms with van der Waals surface area (Å²) in [6.07, 6.45) is -0.0488. The molecule has 1 saturated heterocycles. The van der Waals surface area contributed by atoms with Crippen LogP contribution in [-0.2, 0) is 4.79 Å². The van der Waals surface area contributed by atoms with Gasteiger partial charge in [-0.1, -0.05) is 23.2 Å². The lowest BCUT2D eigenvalue weighted by molar-refractivity contribution is -0.130. The molecule has 100 valence electrons. The fourth-order valence-electron chi connectivity index (χ4n) is 2.08. The van der Waals surface area contributed by atoms with Crippen molar-refractivity contribution in [1.82, 2.24) is 4.90 Å². The molecule has 1 fully saturated rings. The van der Waals surface area contributed by atoms with Crippen LogP contribution in [0.4, 0.5) is 5.69 Å². The van der Waals surface area contributed by atoms with Crippen LogP contribution < -0.4 is 4.90 Å².